The van der Waals surface area contributed by atoms with Crippen LogP contribution in [0.1, 0.15) is 149 Å². The topological polar surface area (TPSA) is 195 Å². The van der Waals surface area contributed by atoms with E-state index in [1.54, 1.807) is 6.08 Å². The first-order valence-electron chi connectivity index (χ1n) is 22.0. The summed E-state index contributed by atoms with van der Waals surface area (Å²) in [6, 6.07) is 0. The summed E-state index contributed by atoms with van der Waals surface area (Å²) in [6.45, 7) is 3.28. The van der Waals surface area contributed by atoms with Gasteiger partial charge in [-0.1, -0.05) is 120 Å². The maximum Gasteiger partial charge on any atom is 0.472 e. The quantitative estimate of drug-likeness (QED) is 0.0174. The third kappa shape index (κ3) is 28.9. The average Bonchev–Trinajstić information content (AvgIpc) is 3.47. The second-order valence-electron chi connectivity index (χ2n) is 15.2. The van der Waals surface area contributed by atoms with Crippen molar-refractivity contribution < 1.29 is 52.9 Å². The maximum atomic E-state index is 12.6. The Bertz CT molecular complexity index is 1250. The number of aliphatic hydroxyl groups is 3. The smallest absolute Gasteiger partial charge is 0.462 e. The molecule has 0 saturated heterocycles. The van der Waals surface area contributed by atoms with Crippen molar-refractivity contribution in [3.63, 3.8) is 0 Å². The zero-order valence-corrected chi connectivity index (χ0v) is 36.5. The van der Waals surface area contributed by atoms with Crippen LogP contribution in [0.25, 0.3) is 0 Å². The lowest BCUT2D eigenvalue weighted by Crippen LogP contribution is -2.29. The third-order valence-electron chi connectivity index (χ3n) is 9.95. The SMILES string of the molecule is CCCCC/C=C\C/C=C\C/C=C\CCCCCCC(=O)O[C@H](COC(=O)CCC/C=C/C[C@@H]1[C@@H](/C=C/[C@@H](O)CCCCC)[C@H](O)C[C@@H]1O)COP(=O)(O)OCCN. The molecule has 0 spiro atoms. The first kappa shape index (κ1) is 53.6. The summed E-state index contributed by atoms with van der Waals surface area (Å²) >= 11 is 0. The molecule has 1 unspecified atom stereocenters. The standard InChI is InChI=1S/C45H78NO11P/c1-3-5-7-8-9-10-11-12-13-14-15-16-17-18-19-20-26-30-45(51)57-39(37-56-58(52,53)55-34-33-46)36-54-44(50)29-25-22-21-24-28-40-41(43(49)35-42(40)48)32-31-38(47)27-23-6-4-2/h9-10,12-13,15-16,21,24,31-32,38-43,47-49H,3-8,11,14,17-20,22-23,25-30,33-37,46H2,1-2H3,(H,52,53)/b10-9-,13-12-,16-15-,24-21+,32-31+/t38-,39+,40+,41+,42-,43+/m0/s1. The van der Waals surface area contributed by atoms with Crippen LogP contribution in [0.4, 0.5) is 0 Å². The molecule has 0 radical (unpaired) electrons. The highest BCUT2D eigenvalue weighted by Crippen LogP contribution is 2.43. The van der Waals surface area contributed by atoms with Crippen LogP contribution in [-0.2, 0) is 32.7 Å². The van der Waals surface area contributed by atoms with Gasteiger partial charge in [0.2, 0.25) is 0 Å². The van der Waals surface area contributed by atoms with Crippen molar-refractivity contribution in [2.24, 2.45) is 17.6 Å². The van der Waals surface area contributed by atoms with E-state index in [1.807, 2.05) is 18.2 Å². The molecule has 58 heavy (non-hydrogen) atoms. The van der Waals surface area contributed by atoms with Crippen LogP contribution in [0.5, 0.6) is 0 Å². The number of phosphoric acid groups is 1. The molecule has 13 heteroatoms. The van der Waals surface area contributed by atoms with Gasteiger partial charge in [-0.25, -0.2) is 4.57 Å². The van der Waals surface area contributed by atoms with Crippen LogP contribution < -0.4 is 5.73 Å². The molecule has 0 aromatic carbocycles. The Morgan fingerprint density at radius 3 is 2.03 bits per heavy atom. The van der Waals surface area contributed by atoms with Gasteiger partial charge in [-0.15, -0.1) is 0 Å². The number of nitrogens with two attached hydrogens (primary N) is 1. The van der Waals surface area contributed by atoms with Gasteiger partial charge in [0.25, 0.3) is 0 Å². The number of rotatable bonds is 36. The summed E-state index contributed by atoms with van der Waals surface area (Å²) in [7, 11) is -4.45. The van der Waals surface area contributed by atoms with Gasteiger partial charge >= 0.3 is 19.8 Å². The summed E-state index contributed by atoms with van der Waals surface area (Å²) < 4.78 is 32.7. The molecule has 0 heterocycles. The van der Waals surface area contributed by atoms with Crippen LogP contribution in [-0.4, -0.2) is 82.9 Å². The second-order valence-corrected chi connectivity index (χ2v) is 16.6. The van der Waals surface area contributed by atoms with E-state index in [2.05, 4.69) is 50.3 Å². The lowest BCUT2D eigenvalue weighted by atomic mass is 9.89. The molecule has 1 rings (SSSR count). The lowest BCUT2D eigenvalue weighted by molar-refractivity contribution is -0.161. The predicted molar refractivity (Wildman–Crippen MR) is 231 cm³/mol. The molecule has 0 bridgehead atoms. The summed E-state index contributed by atoms with van der Waals surface area (Å²) in [6.07, 6.45) is 34.9. The Morgan fingerprint density at radius 2 is 1.34 bits per heavy atom. The molecule has 1 aliphatic carbocycles. The number of carbonyl (C=O) groups is 2. The van der Waals surface area contributed by atoms with Gasteiger partial charge in [0.15, 0.2) is 6.10 Å². The number of unbranched alkanes of at least 4 members (excludes halogenated alkanes) is 10. The summed E-state index contributed by atoms with van der Waals surface area (Å²) in [5.74, 6) is -1.46. The molecular formula is C45H78NO11P. The Hall–Kier alpha value is -2.41. The van der Waals surface area contributed by atoms with Gasteiger partial charge in [0.1, 0.15) is 6.61 Å². The largest absolute Gasteiger partial charge is 0.472 e. The number of allylic oxidation sites excluding steroid dienone is 8. The van der Waals surface area contributed by atoms with Gasteiger partial charge in [0.05, 0.1) is 31.5 Å². The number of aliphatic hydroxyl groups excluding tert-OH is 3. The van der Waals surface area contributed by atoms with E-state index in [0.29, 0.717) is 32.1 Å². The number of carbonyl (C=O) groups excluding carboxylic acids is 2. The molecular weight excluding hydrogens is 761 g/mol. The molecule has 1 fully saturated rings. The number of ether oxygens (including phenoxy) is 2. The molecule has 0 amide bonds. The van der Waals surface area contributed by atoms with E-state index in [-0.39, 0.29) is 50.9 Å². The van der Waals surface area contributed by atoms with Crippen LogP contribution in [0.15, 0.2) is 60.8 Å². The van der Waals surface area contributed by atoms with E-state index >= 15 is 0 Å². The normalized spacial score (nSPS) is 20.9. The van der Waals surface area contributed by atoms with E-state index < -0.39 is 50.8 Å². The molecule has 0 aliphatic heterocycles. The van der Waals surface area contributed by atoms with Gasteiger partial charge in [-0.2, -0.15) is 0 Å². The fourth-order valence-corrected chi connectivity index (χ4v) is 7.34. The fraction of sp³-hybridized carbons (Fsp3) is 0.733. The molecule has 1 aliphatic rings. The number of hydrogen-bond donors (Lipinski definition) is 5. The van der Waals surface area contributed by atoms with Crippen molar-refractivity contribution in [2.45, 2.75) is 173 Å². The Kier molecular flexibility index (Phi) is 32.7. The lowest BCUT2D eigenvalue weighted by Gasteiger charge is -2.20. The van der Waals surface area contributed by atoms with E-state index in [4.69, 9.17) is 24.3 Å². The van der Waals surface area contributed by atoms with Gasteiger partial charge in [-0.3, -0.25) is 18.6 Å². The minimum Gasteiger partial charge on any atom is -0.462 e. The van der Waals surface area contributed by atoms with Crippen molar-refractivity contribution in [3.8, 4) is 0 Å². The van der Waals surface area contributed by atoms with Gasteiger partial charge < -0.3 is 35.4 Å². The van der Waals surface area contributed by atoms with Crippen molar-refractivity contribution in [1.29, 1.82) is 0 Å². The van der Waals surface area contributed by atoms with E-state index in [1.165, 1.54) is 19.3 Å². The highest BCUT2D eigenvalue weighted by Gasteiger charge is 2.39. The molecule has 1 saturated carbocycles. The Balaban J connectivity index is 2.42. The zero-order valence-electron chi connectivity index (χ0n) is 35.6. The first-order valence-corrected chi connectivity index (χ1v) is 23.5. The molecule has 6 N–H and O–H groups in total. The number of phosphoric ester groups is 1. The molecule has 12 nitrogen and oxygen atoms in total. The van der Waals surface area contributed by atoms with Gasteiger partial charge in [-0.05, 0) is 76.5 Å². The summed E-state index contributed by atoms with van der Waals surface area (Å²) in [4.78, 5) is 35.1. The first-order chi connectivity index (χ1) is 28.0. The van der Waals surface area contributed by atoms with Crippen LogP contribution in [0.3, 0.4) is 0 Å². The molecule has 334 valence electrons. The van der Waals surface area contributed by atoms with E-state index in [0.717, 1.165) is 64.2 Å². The maximum absolute atomic E-state index is 12.6. The number of hydrogen-bond acceptors (Lipinski definition) is 11. The summed E-state index contributed by atoms with van der Waals surface area (Å²) in [5, 5.41) is 31.3. The number of esters is 2. The Labute approximate surface area is 349 Å². The van der Waals surface area contributed by atoms with Crippen LogP contribution >= 0.6 is 7.82 Å². The highest BCUT2D eigenvalue weighted by molar-refractivity contribution is 7.47. The van der Waals surface area contributed by atoms with Crippen molar-refractivity contribution in [2.75, 3.05) is 26.4 Å². The van der Waals surface area contributed by atoms with Crippen molar-refractivity contribution >= 4 is 19.8 Å². The third-order valence-corrected chi connectivity index (χ3v) is 10.9. The summed E-state index contributed by atoms with van der Waals surface area (Å²) in [5.41, 5.74) is 5.34. The fourth-order valence-electron chi connectivity index (χ4n) is 6.57. The Morgan fingerprint density at radius 1 is 0.741 bits per heavy atom. The minimum atomic E-state index is -4.45. The zero-order chi connectivity index (χ0) is 42.7. The van der Waals surface area contributed by atoms with Crippen molar-refractivity contribution in [3.05, 3.63) is 60.8 Å². The van der Waals surface area contributed by atoms with Gasteiger partial charge in [0, 0.05) is 31.7 Å². The van der Waals surface area contributed by atoms with Crippen molar-refractivity contribution in [1.82, 2.24) is 0 Å². The second kappa shape index (κ2) is 35.4. The molecule has 0 aromatic rings. The molecule has 0 aromatic heterocycles. The van der Waals surface area contributed by atoms with Crippen LogP contribution in [0, 0.1) is 11.8 Å². The predicted octanol–water partition coefficient (Wildman–Crippen LogP) is 8.88. The average molecular weight is 840 g/mol. The highest BCUT2D eigenvalue weighted by atomic mass is 31.2. The van der Waals surface area contributed by atoms with E-state index in [9.17, 15) is 34.4 Å². The van der Waals surface area contributed by atoms with Crippen LogP contribution in [0.2, 0.25) is 0 Å². The molecule has 7 atom stereocenters. The monoisotopic (exact) mass is 840 g/mol. The minimum absolute atomic E-state index is 0.0118.